The number of allylic oxidation sites excluding steroid dienone is 1. The van der Waals surface area contributed by atoms with E-state index in [-0.39, 0.29) is 16.6 Å². The number of phenolic OH excluding ortho intramolecular Hbond substituents is 1. The Balaban J connectivity index is 2.04. The fourth-order valence-corrected chi connectivity index (χ4v) is 4.22. The molecule has 0 atom stereocenters. The second-order valence-corrected chi connectivity index (χ2v) is 9.13. The van der Waals surface area contributed by atoms with Crippen LogP contribution >= 0.6 is 0 Å². The molecule has 3 heteroatoms. The van der Waals surface area contributed by atoms with Crippen LogP contribution in [-0.2, 0) is 10.8 Å². The van der Waals surface area contributed by atoms with Crippen LogP contribution in [0.25, 0.3) is 11.6 Å². The summed E-state index contributed by atoms with van der Waals surface area (Å²) in [6.07, 6.45) is 4.49. The fourth-order valence-electron chi connectivity index (χ4n) is 4.22. The molecule has 150 valence electrons. The molecule has 0 saturated heterocycles. The number of hydrogen-bond acceptors (Lipinski definition) is 3. The Bertz CT molecular complexity index is 920. The Hall–Kier alpha value is -2.42. The number of benzene rings is 2. The number of rotatable bonds is 4. The van der Waals surface area contributed by atoms with Gasteiger partial charge in [0.15, 0.2) is 11.5 Å². The monoisotopic (exact) mass is 380 g/mol. The molecule has 2 aromatic rings. The summed E-state index contributed by atoms with van der Waals surface area (Å²) in [4.78, 5) is 0. The molecule has 0 aromatic heterocycles. The molecular formula is C25H32O3. The highest BCUT2D eigenvalue weighted by molar-refractivity contribution is 5.82. The number of ether oxygens (including phenoxy) is 2. The Labute approximate surface area is 169 Å². The molecule has 28 heavy (non-hydrogen) atoms. The smallest absolute Gasteiger partial charge is 0.203 e. The standard InChI is InChI=1S/C25H32O3/c1-16(12-17-13-21(26)23(28-7)22(14-17)27-6)18-8-9-19-20(15-18)25(4,5)11-10-24(19,2)3/h8-9,12-15,26H,10-11H2,1-7H3/b16-12+. The van der Waals surface area contributed by atoms with E-state index in [0.717, 1.165) is 11.1 Å². The summed E-state index contributed by atoms with van der Waals surface area (Å²) in [5.41, 5.74) is 6.55. The summed E-state index contributed by atoms with van der Waals surface area (Å²) in [6.45, 7) is 11.5. The number of methoxy groups -OCH3 is 2. The molecule has 0 unspecified atom stereocenters. The second kappa shape index (κ2) is 7.20. The zero-order chi connectivity index (χ0) is 20.7. The summed E-state index contributed by atoms with van der Waals surface area (Å²) < 4.78 is 10.6. The van der Waals surface area contributed by atoms with Gasteiger partial charge >= 0.3 is 0 Å². The van der Waals surface area contributed by atoms with E-state index >= 15 is 0 Å². The zero-order valence-electron chi connectivity index (χ0n) is 18.1. The van der Waals surface area contributed by atoms with Crippen molar-refractivity contribution in [2.45, 2.75) is 58.3 Å². The van der Waals surface area contributed by atoms with Crippen molar-refractivity contribution in [1.29, 1.82) is 0 Å². The van der Waals surface area contributed by atoms with E-state index < -0.39 is 0 Å². The van der Waals surface area contributed by atoms with E-state index in [1.165, 1.54) is 36.6 Å². The van der Waals surface area contributed by atoms with Crippen LogP contribution in [0.3, 0.4) is 0 Å². The molecule has 1 N–H and O–H groups in total. The van der Waals surface area contributed by atoms with Crippen molar-refractivity contribution in [1.82, 2.24) is 0 Å². The van der Waals surface area contributed by atoms with E-state index in [1.54, 1.807) is 13.2 Å². The first-order valence-electron chi connectivity index (χ1n) is 9.88. The molecule has 0 saturated carbocycles. The first-order chi connectivity index (χ1) is 13.1. The maximum Gasteiger partial charge on any atom is 0.203 e. The molecule has 3 nitrogen and oxygen atoms in total. The van der Waals surface area contributed by atoms with Gasteiger partial charge in [-0.15, -0.1) is 0 Å². The van der Waals surface area contributed by atoms with Gasteiger partial charge in [0.05, 0.1) is 14.2 Å². The van der Waals surface area contributed by atoms with Crippen LogP contribution in [0, 0.1) is 0 Å². The summed E-state index contributed by atoms with van der Waals surface area (Å²) in [6, 6.07) is 10.5. The van der Waals surface area contributed by atoms with Crippen molar-refractivity contribution in [2.75, 3.05) is 14.2 Å². The van der Waals surface area contributed by atoms with Crippen molar-refractivity contribution < 1.29 is 14.6 Å². The van der Waals surface area contributed by atoms with E-state index in [1.807, 2.05) is 6.07 Å². The quantitative estimate of drug-likeness (QED) is 0.631. The van der Waals surface area contributed by atoms with Gasteiger partial charge in [-0.25, -0.2) is 0 Å². The van der Waals surface area contributed by atoms with Crippen molar-refractivity contribution in [3.8, 4) is 17.2 Å². The molecular weight excluding hydrogens is 348 g/mol. The zero-order valence-corrected chi connectivity index (χ0v) is 18.1. The van der Waals surface area contributed by atoms with Gasteiger partial charge in [0, 0.05) is 0 Å². The van der Waals surface area contributed by atoms with Gasteiger partial charge in [-0.05, 0) is 70.6 Å². The topological polar surface area (TPSA) is 38.7 Å². The lowest BCUT2D eigenvalue weighted by molar-refractivity contribution is 0.332. The van der Waals surface area contributed by atoms with Crippen LogP contribution in [0.1, 0.15) is 69.7 Å². The van der Waals surface area contributed by atoms with E-state index in [0.29, 0.717) is 11.5 Å². The SMILES string of the molecule is COc1cc(/C=C(\C)c2ccc3c(c2)C(C)(C)CCC3(C)C)cc(O)c1OC. The average molecular weight is 381 g/mol. The number of fused-ring (bicyclic) bond motifs is 1. The largest absolute Gasteiger partial charge is 0.504 e. The maximum absolute atomic E-state index is 10.2. The third kappa shape index (κ3) is 3.63. The van der Waals surface area contributed by atoms with Crippen molar-refractivity contribution in [3.63, 3.8) is 0 Å². The minimum absolute atomic E-state index is 0.0780. The predicted molar refractivity (Wildman–Crippen MR) is 116 cm³/mol. The molecule has 1 aliphatic rings. The van der Waals surface area contributed by atoms with Crippen LogP contribution in [0.15, 0.2) is 30.3 Å². The molecule has 0 amide bonds. The minimum Gasteiger partial charge on any atom is -0.504 e. The summed E-state index contributed by atoms with van der Waals surface area (Å²) in [5, 5.41) is 10.2. The fraction of sp³-hybridized carbons (Fsp3) is 0.440. The molecule has 0 fully saturated rings. The van der Waals surface area contributed by atoms with Gasteiger partial charge in [-0.2, -0.15) is 0 Å². The van der Waals surface area contributed by atoms with Gasteiger partial charge in [0.2, 0.25) is 5.75 Å². The maximum atomic E-state index is 10.2. The predicted octanol–water partition coefficient (Wildman–Crippen LogP) is 6.32. The molecule has 2 aromatic carbocycles. The molecule has 0 spiro atoms. The third-order valence-electron chi connectivity index (χ3n) is 6.17. The van der Waals surface area contributed by atoms with Crippen molar-refractivity contribution in [2.24, 2.45) is 0 Å². The Morgan fingerprint density at radius 2 is 1.57 bits per heavy atom. The van der Waals surface area contributed by atoms with Crippen LogP contribution in [0.5, 0.6) is 17.2 Å². The summed E-state index contributed by atoms with van der Waals surface area (Å²) in [5.74, 6) is 0.958. The first-order valence-corrected chi connectivity index (χ1v) is 9.88. The number of aromatic hydroxyl groups is 1. The highest BCUT2D eigenvalue weighted by Crippen LogP contribution is 2.46. The molecule has 1 aliphatic carbocycles. The number of phenols is 1. The summed E-state index contributed by atoms with van der Waals surface area (Å²) in [7, 11) is 3.10. The minimum atomic E-state index is 0.0780. The normalized spacial score (nSPS) is 17.8. The van der Waals surface area contributed by atoms with Gasteiger partial charge in [0.25, 0.3) is 0 Å². The van der Waals surface area contributed by atoms with Crippen molar-refractivity contribution in [3.05, 3.63) is 52.6 Å². The molecule has 0 radical (unpaired) electrons. The molecule has 0 aliphatic heterocycles. The lowest BCUT2D eigenvalue weighted by Crippen LogP contribution is -2.33. The van der Waals surface area contributed by atoms with Gasteiger partial charge in [-0.1, -0.05) is 52.0 Å². The van der Waals surface area contributed by atoms with Gasteiger partial charge in [0.1, 0.15) is 0 Å². The van der Waals surface area contributed by atoms with Crippen LogP contribution in [-0.4, -0.2) is 19.3 Å². The Morgan fingerprint density at radius 1 is 0.929 bits per heavy atom. The van der Waals surface area contributed by atoms with Crippen LogP contribution < -0.4 is 9.47 Å². The van der Waals surface area contributed by atoms with Gasteiger partial charge in [-0.3, -0.25) is 0 Å². The first kappa shape index (κ1) is 20.3. The second-order valence-electron chi connectivity index (χ2n) is 9.13. The van der Waals surface area contributed by atoms with Crippen LogP contribution in [0.2, 0.25) is 0 Å². The van der Waals surface area contributed by atoms with E-state index in [2.05, 4.69) is 58.9 Å². The van der Waals surface area contributed by atoms with E-state index in [4.69, 9.17) is 9.47 Å². The van der Waals surface area contributed by atoms with Gasteiger partial charge < -0.3 is 14.6 Å². The van der Waals surface area contributed by atoms with E-state index in [9.17, 15) is 5.11 Å². The lowest BCUT2D eigenvalue weighted by Gasteiger charge is -2.42. The Kier molecular flexibility index (Phi) is 5.22. The number of hydrogen-bond donors (Lipinski definition) is 1. The molecule has 0 heterocycles. The highest BCUT2D eigenvalue weighted by Gasteiger charge is 2.36. The third-order valence-corrected chi connectivity index (χ3v) is 6.17. The molecule has 0 bridgehead atoms. The van der Waals surface area contributed by atoms with Crippen LogP contribution in [0.4, 0.5) is 0 Å². The summed E-state index contributed by atoms with van der Waals surface area (Å²) >= 11 is 0. The van der Waals surface area contributed by atoms with Crippen molar-refractivity contribution >= 4 is 11.6 Å². The average Bonchev–Trinajstić information content (AvgIpc) is 2.64. The Morgan fingerprint density at radius 3 is 2.18 bits per heavy atom. The lowest BCUT2D eigenvalue weighted by atomic mass is 9.63. The molecule has 3 rings (SSSR count). The highest BCUT2D eigenvalue weighted by atomic mass is 16.5.